The Balaban J connectivity index is 1.46. The molecule has 2 heterocycles. The number of rotatable bonds is 7. The molecule has 31 heavy (non-hydrogen) atoms. The smallest absolute Gasteiger partial charge is 0.243 e. The molecular weight excluding hydrogens is 458 g/mol. The summed E-state index contributed by atoms with van der Waals surface area (Å²) >= 11 is 7.56. The molecule has 1 saturated heterocycles. The third-order valence-corrected chi connectivity index (χ3v) is 8.97. The van der Waals surface area contributed by atoms with Gasteiger partial charge in [0, 0.05) is 26.1 Å². The summed E-state index contributed by atoms with van der Waals surface area (Å²) in [6.45, 7) is 2.80. The van der Waals surface area contributed by atoms with Gasteiger partial charge < -0.3 is 9.88 Å². The van der Waals surface area contributed by atoms with Crippen LogP contribution in [0, 0.1) is 0 Å². The van der Waals surface area contributed by atoms with E-state index in [1.807, 2.05) is 11.6 Å². The maximum Gasteiger partial charge on any atom is 0.243 e. The molecule has 168 valence electrons. The van der Waals surface area contributed by atoms with Crippen molar-refractivity contribution in [1.29, 1.82) is 0 Å². The maximum atomic E-state index is 13.0. The Bertz CT molecular complexity index is 1080. The second-order valence-electron chi connectivity index (χ2n) is 8.03. The number of aromatic nitrogens is 3. The zero-order valence-electron chi connectivity index (χ0n) is 17.5. The van der Waals surface area contributed by atoms with Gasteiger partial charge in [0.2, 0.25) is 15.9 Å². The molecule has 1 amide bonds. The highest BCUT2D eigenvalue weighted by atomic mass is 35.5. The Hall–Kier alpha value is -1.62. The topological polar surface area (TPSA) is 97.2 Å². The second-order valence-corrected chi connectivity index (χ2v) is 11.7. The van der Waals surface area contributed by atoms with Crippen LogP contribution in [-0.2, 0) is 21.9 Å². The first-order valence-corrected chi connectivity index (χ1v) is 13.1. The van der Waals surface area contributed by atoms with Gasteiger partial charge in [0.1, 0.15) is 5.82 Å². The molecule has 1 N–H and O–H groups in total. The standard InChI is InChI=1S/C20H26ClN5O3S2/c1-13(30-20-24-23-18(25(20)2)14-6-7-14)19(27)22-17-12-15(8-9-16(17)21)31(28,29)26-10-4-3-5-11-26/h8-9,12-14H,3-7,10-11H2,1-2H3,(H,22,27)/t13-/m1/s1. The molecule has 2 aliphatic rings. The Kier molecular flexibility index (Phi) is 6.62. The van der Waals surface area contributed by atoms with Crippen LogP contribution in [0.5, 0.6) is 0 Å². The summed E-state index contributed by atoms with van der Waals surface area (Å²) in [7, 11) is -1.71. The first-order valence-electron chi connectivity index (χ1n) is 10.4. The molecule has 0 spiro atoms. The molecule has 0 radical (unpaired) electrons. The van der Waals surface area contributed by atoms with Gasteiger partial charge >= 0.3 is 0 Å². The fraction of sp³-hybridized carbons (Fsp3) is 0.550. The van der Waals surface area contributed by atoms with Gasteiger partial charge in [-0.3, -0.25) is 4.79 Å². The van der Waals surface area contributed by atoms with E-state index in [9.17, 15) is 13.2 Å². The molecule has 0 bridgehead atoms. The summed E-state index contributed by atoms with van der Waals surface area (Å²) in [5, 5.41) is 11.7. The normalized spacial score (nSPS) is 18.7. The largest absolute Gasteiger partial charge is 0.324 e. The Morgan fingerprint density at radius 3 is 2.61 bits per heavy atom. The molecule has 1 aromatic carbocycles. The van der Waals surface area contributed by atoms with E-state index in [0.717, 1.165) is 37.9 Å². The third kappa shape index (κ3) is 4.92. The van der Waals surface area contributed by atoms with Crippen LogP contribution in [0.1, 0.15) is 50.8 Å². The molecule has 2 aromatic rings. The van der Waals surface area contributed by atoms with Crippen molar-refractivity contribution in [3.8, 4) is 0 Å². The zero-order valence-corrected chi connectivity index (χ0v) is 19.9. The van der Waals surface area contributed by atoms with Crippen LogP contribution in [-0.4, -0.2) is 51.7 Å². The van der Waals surface area contributed by atoms with Gasteiger partial charge in [-0.15, -0.1) is 10.2 Å². The summed E-state index contributed by atoms with van der Waals surface area (Å²) in [5.41, 5.74) is 0.286. The van der Waals surface area contributed by atoms with E-state index < -0.39 is 15.3 Å². The Morgan fingerprint density at radius 1 is 1.23 bits per heavy atom. The van der Waals surface area contributed by atoms with Crippen molar-refractivity contribution in [3.05, 3.63) is 29.0 Å². The number of anilines is 1. The first-order chi connectivity index (χ1) is 14.8. The molecule has 1 atom stereocenters. The fourth-order valence-electron chi connectivity index (χ4n) is 3.59. The third-order valence-electron chi connectivity index (χ3n) is 5.61. The van der Waals surface area contributed by atoms with Crippen LogP contribution in [0.2, 0.25) is 5.02 Å². The number of carbonyl (C=O) groups is 1. The molecular formula is C20H26ClN5O3S2. The van der Waals surface area contributed by atoms with Crippen LogP contribution in [0.3, 0.4) is 0 Å². The highest BCUT2D eigenvalue weighted by Crippen LogP contribution is 2.40. The minimum atomic E-state index is -3.61. The van der Waals surface area contributed by atoms with Crippen molar-refractivity contribution in [2.45, 2.75) is 60.2 Å². The van der Waals surface area contributed by atoms with Crippen LogP contribution in [0.4, 0.5) is 5.69 Å². The fourth-order valence-corrected chi connectivity index (χ4v) is 6.12. The number of piperidine rings is 1. The summed E-state index contributed by atoms with van der Waals surface area (Å²) in [4.78, 5) is 12.9. The molecule has 4 rings (SSSR count). The lowest BCUT2D eigenvalue weighted by Crippen LogP contribution is -2.35. The number of sulfonamides is 1. The van der Waals surface area contributed by atoms with Gasteiger partial charge in [-0.1, -0.05) is 29.8 Å². The minimum Gasteiger partial charge on any atom is -0.324 e. The van der Waals surface area contributed by atoms with Gasteiger partial charge in [-0.05, 0) is 50.8 Å². The van der Waals surface area contributed by atoms with Crippen LogP contribution < -0.4 is 5.32 Å². The van der Waals surface area contributed by atoms with E-state index in [-0.39, 0.29) is 21.5 Å². The van der Waals surface area contributed by atoms with E-state index in [2.05, 4.69) is 15.5 Å². The lowest BCUT2D eigenvalue weighted by molar-refractivity contribution is -0.115. The van der Waals surface area contributed by atoms with Crippen LogP contribution >= 0.6 is 23.4 Å². The number of amides is 1. The molecule has 0 unspecified atom stereocenters. The molecule has 1 aliphatic heterocycles. The summed E-state index contributed by atoms with van der Waals surface area (Å²) in [6.07, 6.45) is 5.01. The lowest BCUT2D eigenvalue weighted by atomic mass is 10.2. The second kappa shape index (κ2) is 9.09. The quantitative estimate of drug-likeness (QED) is 0.604. The minimum absolute atomic E-state index is 0.136. The average molecular weight is 484 g/mol. The monoisotopic (exact) mass is 483 g/mol. The maximum absolute atomic E-state index is 13.0. The highest BCUT2D eigenvalue weighted by Gasteiger charge is 2.30. The number of nitrogens with one attached hydrogen (secondary N) is 1. The van der Waals surface area contributed by atoms with Crippen molar-refractivity contribution in [2.24, 2.45) is 7.05 Å². The van der Waals surface area contributed by atoms with E-state index in [1.54, 1.807) is 6.92 Å². The predicted octanol–water partition coefficient (Wildman–Crippen LogP) is 3.64. The van der Waals surface area contributed by atoms with Gasteiger partial charge in [0.15, 0.2) is 5.16 Å². The number of benzene rings is 1. The van der Waals surface area contributed by atoms with Crippen LogP contribution in [0.15, 0.2) is 28.3 Å². The number of nitrogens with zero attached hydrogens (tertiary/aromatic N) is 4. The number of hydrogen-bond acceptors (Lipinski definition) is 6. The van der Waals surface area contributed by atoms with Crippen molar-refractivity contribution in [3.63, 3.8) is 0 Å². The van der Waals surface area contributed by atoms with Crippen LogP contribution in [0.25, 0.3) is 0 Å². The first kappa shape index (κ1) is 22.6. The number of hydrogen-bond donors (Lipinski definition) is 1. The molecule has 8 nitrogen and oxygen atoms in total. The molecule has 1 saturated carbocycles. The van der Waals surface area contributed by atoms with Crippen molar-refractivity contribution < 1.29 is 13.2 Å². The number of thioether (sulfide) groups is 1. The molecule has 2 fully saturated rings. The Labute approximate surface area is 191 Å². The molecule has 11 heteroatoms. The zero-order chi connectivity index (χ0) is 22.2. The molecule has 1 aliphatic carbocycles. The van der Waals surface area contributed by atoms with E-state index in [0.29, 0.717) is 24.2 Å². The summed E-state index contributed by atoms with van der Waals surface area (Å²) in [5.74, 6) is 1.14. The number of halogens is 1. The highest BCUT2D eigenvalue weighted by molar-refractivity contribution is 8.00. The SMILES string of the molecule is C[C@@H](Sc1nnc(C2CC2)n1C)C(=O)Nc1cc(S(=O)(=O)N2CCCCC2)ccc1Cl. The molecule has 1 aromatic heterocycles. The van der Waals surface area contributed by atoms with Gasteiger partial charge in [0.05, 0.1) is 20.9 Å². The van der Waals surface area contributed by atoms with Crippen molar-refractivity contribution in [1.82, 2.24) is 19.1 Å². The summed E-state index contributed by atoms with van der Waals surface area (Å²) in [6, 6.07) is 4.44. The van der Waals surface area contributed by atoms with Gasteiger partial charge in [-0.25, -0.2) is 8.42 Å². The van der Waals surface area contributed by atoms with Gasteiger partial charge in [-0.2, -0.15) is 4.31 Å². The van der Waals surface area contributed by atoms with E-state index in [1.165, 1.54) is 34.3 Å². The lowest BCUT2D eigenvalue weighted by Gasteiger charge is -2.26. The predicted molar refractivity (Wildman–Crippen MR) is 121 cm³/mol. The Morgan fingerprint density at radius 2 is 1.94 bits per heavy atom. The van der Waals surface area contributed by atoms with E-state index in [4.69, 9.17) is 11.6 Å². The van der Waals surface area contributed by atoms with Crippen molar-refractivity contribution in [2.75, 3.05) is 18.4 Å². The van der Waals surface area contributed by atoms with E-state index >= 15 is 0 Å². The number of carbonyl (C=O) groups excluding carboxylic acids is 1. The van der Waals surface area contributed by atoms with Gasteiger partial charge in [0.25, 0.3) is 0 Å². The van der Waals surface area contributed by atoms with Crippen molar-refractivity contribution >= 4 is 45.0 Å². The average Bonchev–Trinajstić information content (AvgIpc) is 3.54. The summed E-state index contributed by atoms with van der Waals surface area (Å²) < 4.78 is 29.3.